The number of sulfone groups is 1. The number of nitrogens with zero attached hydrogens (tertiary/aromatic N) is 2. The molecule has 174 valence electrons. The van der Waals surface area contributed by atoms with Gasteiger partial charge < -0.3 is 0 Å². The van der Waals surface area contributed by atoms with Crippen molar-refractivity contribution < 1.29 is 18.1 Å². The summed E-state index contributed by atoms with van der Waals surface area (Å²) in [6, 6.07) is 18.0. The zero-order valence-corrected chi connectivity index (χ0v) is 20.4. The van der Waals surface area contributed by atoms with Gasteiger partial charge in [-0.05, 0) is 72.7 Å². The monoisotopic (exact) mass is 494 g/mol. The molecule has 1 fully saturated rings. The molecule has 0 bridgehead atoms. The van der Waals surface area contributed by atoms with Gasteiger partial charge in [-0.25, -0.2) is 8.42 Å². The topological polar surface area (TPSA) is 97.6 Å². The van der Waals surface area contributed by atoms with Gasteiger partial charge in [0, 0.05) is 22.7 Å². The van der Waals surface area contributed by atoms with Crippen LogP contribution in [0.2, 0.25) is 0 Å². The van der Waals surface area contributed by atoms with Crippen LogP contribution in [0.3, 0.4) is 0 Å². The summed E-state index contributed by atoms with van der Waals surface area (Å²) in [4.78, 5) is 26.3. The molecule has 0 N–H and O–H groups in total. The van der Waals surface area contributed by atoms with Crippen LogP contribution in [-0.2, 0) is 14.6 Å². The number of non-ortho nitro benzene ring substituents is 1. The maximum Gasteiger partial charge on any atom is 0.271 e. The number of hydrogen-bond acceptors (Lipinski definition) is 6. The molecule has 3 aromatic rings. The number of hydrogen-bond donors (Lipinski definition) is 0. The van der Waals surface area contributed by atoms with Crippen molar-refractivity contribution >= 4 is 45.0 Å². The Balaban J connectivity index is 1.93. The Bertz CT molecular complexity index is 1410. The highest BCUT2D eigenvalue weighted by molar-refractivity contribution is 7.98. The third-order valence-corrected chi connectivity index (χ3v) is 8.25. The molecule has 4 rings (SSSR count). The summed E-state index contributed by atoms with van der Waals surface area (Å²) in [5.41, 5.74) is 2.63. The lowest BCUT2D eigenvalue weighted by atomic mass is 10.1. The Labute approximate surface area is 202 Å². The van der Waals surface area contributed by atoms with Crippen LogP contribution in [0.5, 0.6) is 0 Å². The minimum Gasteiger partial charge on any atom is -0.286 e. The number of aryl methyl sites for hydroxylation is 2. The minimum absolute atomic E-state index is 0.155. The maximum absolute atomic E-state index is 13.8. The number of benzene rings is 3. The lowest BCUT2D eigenvalue weighted by molar-refractivity contribution is -0.384. The Kier molecular flexibility index (Phi) is 6.33. The molecule has 0 spiro atoms. The molecule has 1 amide bonds. The molecule has 0 aliphatic carbocycles. The van der Waals surface area contributed by atoms with Gasteiger partial charge in [0.15, 0.2) is 5.37 Å². The van der Waals surface area contributed by atoms with Gasteiger partial charge in [0.05, 0.1) is 4.92 Å². The van der Waals surface area contributed by atoms with E-state index in [-0.39, 0.29) is 16.2 Å². The summed E-state index contributed by atoms with van der Waals surface area (Å²) >= 11 is 1.55. The third kappa shape index (κ3) is 4.36. The molecule has 1 aliphatic rings. The van der Waals surface area contributed by atoms with Gasteiger partial charge in [-0.15, -0.1) is 11.8 Å². The van der Waals surface area contributed by atoms with E-state index in [2.05, 4.69) is 0 Å². The van der Waals surface area contributed by atoms with Crippen LogP contribution in [0.15, 0.2) is 76.5 Å². The largest absolute Gasteiger partial charge is 0.286 e. The van der Waals surface area contributed by atoms with E-state index in [0.717, 1.165) is 16.0 Å². The van der Waals surface area contributed by atoms with Gasteiger partial charge in [-0.3, -0.25) is 19.8 Å². The first-order valence-electron chi connectivity index (χ1n) is 10.4. The lowest BCUT2D eigenvalue weighted by Gasteiger charge is -2.24. The van der Waals surface area contributed by atoms with Crippen molar-refractivity contribution in [3.05, 3.63) is 104 Å². The van der Waals surface area contributed by atoms with E-state index in [9.17, 15) is 23.3 Å². The van der Waals surface area contributed by atoms with E-state index >= 15 is 0 Å². The summed E-state index contributed by atoms with van der Waals surface area (Å²) in [5, 5.41) is 9.94. The molecule has 0 aromatic heterocycles. The zero-order chi connectivity index (χ0) is 24.6. The van der Waals surface area contributed by atoms with Crippen LogP contribution in [0.25, 0.3) is 6.08 Å². The van der Waals surface area contributed by atoms with Gasteiger partial charge >= 0.3 is 0 Å². The smallest absolute Gasteiger partial charge is 0.271 e. The fourth-order valence-corrected chi connectivity index (χ4v) is 6.35. The number of nitro groups is 1. The average Bonchev–Trinajstić information content (AvgIpc) is 2.99. The first-order valence-corrected chi connectivity index (χ1v) is 13.1. The van der Waals surface area contributed by atoms with Crippen molar-refractivity contribution in [3.63, 3.8) is 0 Å². The predicted molar refractivity (Wildman–Crippen MR) is 134 cm³/mol. The predicted octanol–water partition coefficient (Wildman–Crippen LogP) is 5.43. The van der Waals surface area contributed by atoms with Crippen molar-refractivity contribution in [1.82, 2.24) is 0 Å². The second kappa shape index (κ2) is 9.08. The number of amides is 1. The number of carbonyl (C=O) groups is 1. The van der Waals surface area contributed by atoms with Crippen molar-refractivity contribution in [2.24, 2.45) is 0 Å². The van der Waals surface area contributed by atoms with Crippen LogP contribution in [-0.4, -0.2) is 25.5 Å². The molecule has 0 radical (unpaired) electrons. The van der Waals surface area contributed by atoms with E-state index in [1.165, 1.54) is 35.2 Å². The fourth-order valence-electron chi connectivity index (χ4n) is 4.06. The van der Waals surface area contributed by atoms with Gasteiger partial charge in [-0.1, -0.05) is 30.3 Å². The van der Waals surface area contributed by atoms with Crippen molar-refractivity contribution in [1.29, 1.82) is 0 Å². The van der Waals surface area contributed by atoms with Gasteiger partial charge in [0.25, 0.3) is 11.6 Å². The van der Waals surface area contributed by atoms with E-state index in [1.54, 1.807) is 36.0 Å². The van der Waals surface area contributed by atoms with Gasteiger partial charge in [0.2, 0.25) is 9.84 Å². The van der Waals surface area contributed by atoms with E-state index in [1.807, 2.05) is 38.3 Å². The summed E-state index contributed by atoms with van der Waals surface area (Å²) in [6.07, 6.45) is 3.30. The number of carbonyl (C=O) groups excluding carboxylic acids is 1. The van der Waals surface area contributed by atoms with Crippen LogP contribution in [0.4, 0.5) is 11.4 Å². The molecule has 0 saturated carbocycles. The Morgan fingerprint density at radius 3 is 2.24 bits per heavy atom. The minimum atomic E-state index is -4.20. The average molecular weight is 495 g/mol. The highest BCUT2D eigenvalue weighted by Crippen LogP contribution is 2.44. The Morgan fingerprint density at radius 2 is 1.65 bits per heavy atom. The number of thioether (sulfide) groups is 1. The normalized spacial score (nSPS) is 18.4. The quantitative estimate of drug-likeness (QED) is 0.203. The molecule has 7 nitrogen and oxygen atoms in total. The summed E-state index contributed by atoms with van der Waals surface area (Å²) in [7, 11) is -4.20. The van der Waals surface area contributed by atoms with Gasteiger partial charge in [0.1, 0.15) is 4.91 Å². The first-order chi connectivity index (χ1) is 16.1. The molecule has 1 unspecified atom stereocenters. The molecular weight excluding hydrogens is 472 g/mol. The van der Waals surface area contributed by atoms with Crippen molar-refractivity contribution in [3.8, 4) is 0 Å². The summed E-state index contributed by atoms with van der Waals surface area (Å²) in [5.74, 6) is -0.671. The van der Waals surface area contributed by atoms with Gasteiger partial charge in [-0.2, -0.15) is 0 Å². The third-order valence-electron chi connectivity index (χ3n) is 5.53. The molecule has 1 saturated heterocycles. The molecule has 1 atom stereocenters. The lowest BCUT2D eigenvalue weighted by Crippen LogP contribution is -2.29. The van der Waals surface area contributed by atoms with Crippen LogP contribution in [0, 0.1) is 24.0 Å². The second-order valence-electron chi connectivity index (χ2n) is 8.05. The molecule has 1 aliphatic heterocycles. The van der Waals surface area contributed by atoms with E-state index in [4.69, 9.17) is 0 Å². The van der Waals surface area contributed by atoms with E-state index < -0.39 is 26.0 Å². The van der Waals surface area contributed by atoms with Crippen LogP contribution >= 0.6 is 11.8 Å². The first kappa shape index (κ1) is 23.7. The standard InChI is InChI=1S/C25H22N2O5S2/c1-16-11-17(2)13-21(12-16)26-24(28)23(14-18-7-9-22(33-3)10-8-18)34(31,32)25(26)19-5-4-6-20(15-19)27(29)30/h4-15,25H,1-3H3. The summed E-state index contributed by atoms with van der Waals surface area (Å²) in [6.45, 7) is 3.72. The highest BCUT2D eigenvalue weighted by Gasteiger charge is 2.50. The number of anilines is 1. The highest BCUT2D eigenvalue weighted by atomic mass is 32.2. The Morgan fingerprint density at radius 1 is 1.00 bits per heavy atom. The second-order valence-corrected chi connectivity index (χ2v) is 10.9. The van der Waals surface area contributed by atoms with Crippen LogP contribution < -0.4 is 4.90 Å². The molecule has 3 aromatic carbocycles. The number of rotatable bonds is 5. The van der Waals surface area contributed by atoms with Crippen LogP contribution in [0.1, 0.15) is 27.6 Å². The zero-order valence-electron chi connectivity index (χ0n) is 18.8. The molecule has 1 heterocycles. The Hall–Kier alpha value is -3.43. The van der Waals surface area contributed by atoms with E-state index in [0.29, 0.717) is 11.3 Å². The van der Waals surface area contributed by atoms with Crippen molar-refractivity contribution in [2.75, 3.05) is 11.2 Å². The summed E-state index contributed by atoms with van der Waals surface area (Å²) < 4.78 is 27.5. The number of nitro benzene ring substituents is 1. The molecular formula is C25H22N2O5S2. The fraction of sp³-hybridized carbons (Fsp3) is 0.160. The maximum atomic E-state index is 13.8. The molecule has 9 heteroatoms. The SMILES string of the molecule is CSc1ccc(C=C2C(=O)N(c3cc(C)cc(C)c3)C(c3cccc([N+](=O)[O-])c3)S2(=O)=O)cc1. The molecule has 34 heavy (non-hydrogen) atoms. The van der Waals surface area contributed by atoms with Crippen molar-refractivity contribution in [2.45, 2.75) is 24.1 Å².